The van der Waals surface area contributed by atoms with Crippen molar-refractivity contribution in [1.29, 1.82) is 0 Å². The Kier molecular flexibility index (Phi) is 4.75. The molecule has 2 fully saturated rings. The Morgan fingerprint density at radius 2 is 1.95 bits per heavy atom. The molecule has 4 heteroatoms. The first-order valence-electron chi connectivity index (χ1n) is 7.93. The summed E-state index contributed by atoms with van der Waals surface area (Å²) in [6.45, 7) is 9.95. The zero-order valence-corrected chi connectivity index (χ0v) is 13.5. The Morgan fingerprint density at radius 1 is 1.35 bits per heavy atom. The van der Waals surface area contributed by atoms with Gasteiger partial charge in [0.05, 0.1) is 7.11 Å². The number of methoxy groups -OCH3 is 1. The molecule has 2 aliphatic rings. The van der Waals surface area contributed by atoms with Gasteiger partial charge in [-0.05, 0) is 57.5 Å². The molecule has 1 saturated carbocycles. The maximum Gasteiger partial charge on any atom is 0.325 e. The van der Waals surface area contributed by atoms with Crippen LogP contribution in [0.25, 0.3) is 0 Å². The van der Waals surface area contributed by atoms with Crippen LogP contribution in [0.4, 0.5) is 0 Å². The highest BCUT2D eigenvalue weighted by Gasteiger charge is 2.39. The Bertz CT molecular complexity index is 342. The van der Waals surface area contributed by atoms with Gasteiger partial charge in [-0.15, -0.1) is 0 Å². The van der Waals surface area contributed by atoms with Crippen LogP contribution >= 0.6 is 0 Å². The summed E-state index contributed by atoms with van der Waals surface area (Å²) in [7, 11) is 1.48. The average molecular weight is 282 g/mol. The predicted octanol–water partition coefficient (Wildman–Crippen LogP) is 2.18. The van der Waals surface area contributed by atoms with Gasteiger partial charge in [-0.2, -0.15) is 0 Å². The van der Waals surface area contributed by atoms with E-state index in [9.17, 15) is 4.79 Å². The molecule has 1 unspecified atom stereocenters. The van der Waals surface area contributed by atoms with Gasteiger partial charge in [-0.3, -0.25) is 10.1 Å². The minimum absolute atomic E-state index is 0.123. The molecule has 1 N–H and O–H groups in total. The van der Waals surface area contributed by atoms with Crippen molar-refractivity contribution in [2.45, 2.75) is 64.5 Å². The number of nitrogens with one attached hydrogen (secondary N) is 1. The third-order valence-corrected chi connectivity index (χ3v) is 4.87. The second-order valence-corrected chi connectivity index (χ2v) is 7.50. The number of carbonyl (C=O) groups is 1. The molecule has 0 amide bonds. The van der Waals surface area contributed by atoms with Crippen molar-refractivity contribution < 1.29 is 9.53 Å². The topological polar surface area (TPSA) is 41.6 Å². The molecule has 0 aromatic rings. The normalized spacial score (nSPS) is 26.0. The van der Waals surface area contributed by atoms with Crippen LogP contribution in [0.3, 0.4) is 0 Å². The number of hydrogen-bond donors (Lipinski definition) is 1. The van der Waals surface area contributed by atoms with Crippen LogP contribution in [0.5, 0.6) is 0 Å². The first-order chi connectivity index (χ1) is 9.35. The van der Waals surface area contributed by atoms with E-state index >= 15 is 0 Å². The molecule has 0 aromatic carbocycles. The third kappa shape index (κ3) is 4.19. The number of rotatable bonds is 6. The molecule has 2 rings (SSSR count). The maximum atomic E-state index is 12.1. The lowest BCUT2D eigenvalue weighted by Gasteiger charge is -2.38. The lowest BCUT2D eigenvalue weighted by Crippen LogP contribution is -2.53. The van der Waals surface area contributed by atoms with E-state index in [0.717, 1.165) is 26.1 Å². The van der Waals surface area contributed by atoms with Crippen molar-refractivity contribution in [2.24, 2.45) is 5.41 Å². The predicted molar refractivity (Wildman–Crippen MR) is 80.7 cm³/mol. The molecule has 0 aromatic heterocycles. The molecular weight excluding hydrogens is 252 g/mol. The number of esters is 1. The lowest BCUT2D eigenvalue weighted by atomic mass is 9.82. The Balaban J connectivity index is 1.84. The van der Waals surface area contributed by atoms with Gasteiger partial charge in [0.1, 0.15) is 5.54 Å². The van der Waals surface area contributed by atoms with E-state index in [2.05, 4.69) is 24.1 Å². The van der Waals surface area contributed by atoms with Gasteiger partial charge in [-0.1, -0.05) is 13.8 Å². The van der Waals surface area contributed by atoms with E-state index in [4.69, 9.17) is 4.74 Å². The van der Waals surface area contributed by atoms with Gasteiger partial charge in [-0.25, -0.2) is 0 Å². The number of piperidine rings is 1. The molecule has 20 heavy (non-hydrogen) atoms. The SMILES string of the molecule is COC(=O)C(C)(CCN1CCC(C)(C)CC1)NC1CC1. The number of nitrogens with zero attached hydrogens (tertiary/aromatic N) is 1. The van der Waals surface area contributed by atoms with E-state index in [1.165, 1.54) is 32.8 Å². The first-order valence-corrected chi connectivity index (χ1v) is 7.93. The molecule has 4 nitrogen and oxygen atoms in total. The molecule has 0 radical (unpaired) electrons. The fourth-order valence-corrected chi connectivity index (χ4v) is 2.90. The molecule has 1 saturated heterocycles. The van der Waals surface area contributed by atoms with Gasteiger partial charge < -0.3 is 9.64 Å². The summed E-state index contributed by atoms with van der Waals surface area (Å²) in [5.41, 5.74) is -0.0443. The quantitative estimate of drug-likeness (QED) is 0.758. The molecule has 1 aliphatic carbocycles. The second kappa shape index (κ2) is 6.02. The van der Waals surface area contributed by atoms with Gasteiger partial charge >= 0.3 is 5.97 Å². The maximum absolute atomic E-state index is 12.1. The second-order valence-electron chi connectivity index (χ2n) is 7.50. The molecule has 0 spiro atoms. The van der Waals surface area contributed by atoms with Crippen molar-refractivity contribution in [1.82, 2.24) is 10.2 Å². The Hall–Kier alpha value is -0.610. The van der Waals surface area contributed by atoms with E-state index in [0.29, 0.717) is 11.5 Å². The standard InChI is InChI=1S/C16H30N2O2/c1-15(2)7-10-18(11-8-15)12-9-16(3,14(19)20-4)17-13-5-6-13/h13,17H,5-12H2,1-4H3. The summed E-state index contributed by atoms with van der Waals surface area (Å²) in [5, 5.41) is 3.47. The van der Waals surface area contributed by atoms with Crippen LogP contribution in [0.15, 0.2) is 0 Å². The van der Waals surface area contributed by atoms with Crippen LogP contribution in [-0.2, 0) is 9.53 Å². The van der Waals surface area contributed by atoms with Crippen LogP contribution in [0.2, 0.25) is 0 Å². The zero-order chi connectivity index (χ0) is 14.8. The summed E-state index contributed by atoms with van der Waals surface area (Å²) >= 11 is 0. The highest BCUT2D eigenvalue weighted by molar-refractivity contribution is 5.80. The minimum atomic E-state index is -0.525. The van der Waals surface area contributed by atoms with Gasteiger partial charge in [0.25, 0.3) is 0 Å². The number of carbonyl (C=O) groups excluding carboxylic acids is 1. The van der Waals surface area contributed by atoms with Crippen LogP contribution in [-0.4, -0.2) is 49.2 Å². The number of hydrogen-bond acceptors (Lipinski definition) is 4. The Labute approximate surface area is 123 Å². The van der Waals surface area contributed by atoms with Crippen molar-refractivity contribution in [3.05, 3.63) is 0 Å². The van der Waals surface area contributed by atoms with Crippen LogP contribution in [0, 0.1) is 5.41 Å². The largest absolute Gasteiger partial charge is 0.468 e. The van der Waals surface area contributed by atoms with Gasteiger partial charge in [0, 0.05) is 12.6 Å². The van der Waals surface area contributed by atoms with Gasteiger partial charge in [0.2, 0.25) is 0 Å². The molecule has 116 valence electrons. The van der Waals surface area contributed by atoms with Crippen molar-refractivity contribution in [3.63, 3.8) is 0 Å². The molecule has 1 atom stereocenters. The molecule has 1 aliphatic heterocycles. The molecule has 0 bridgehead atoms. The first kappa shape index (κ1) is 15.8. The fourth-order valence-electron chi connectivity index (χ4n) is 2.90. The van der Waals surface area contributed by atoms with Gasteiger partial charge in [0.15, 0.2) is 0 Å². The Morgan fingerprint density at radius 3 is 2.45 bits per heavy atom. The van der Waals surface area contributed by atoms with Crippen molar-refractivity contribution in [2.75, 3.05) is 26.7 Å². The van der Waals surface area contributed by atoms with Crippen molar-refractivity contribution in [3.8, 4) is 0 Å². The highest BCUT2D eigenvalue weighted by Crippen LogP contribution is 2.30. The summed E-state index contributed by atoms with van der Waals surface area (Å²) in [5.74, 6) is -0.123. The van der Waals surface area contributed by atoms with Crippen LogP contribution < -0.4 is 5.32 Å². The van der Waals surface area contributed by atoms with Crippen LogP contribution in [0.1, 0.15) is 52.9 Å². The van der Waals surface area contributed by atoms with E-state index in [-0.39, 0.29) is 5.97 Å². The minimum Gasteiger partial charge on any atom is -0.468 e. The summed E-state index contributed by atoms with van der Waals surface area (Å²) in [4.78, 5) is 14.6. The third-order valence-electron chi connectivity index (χ3n) is 4.87. The zero-order valence-electron chi connectivity index (χ0n) is 13.5. The van der Waals surface area contributed by atoms with E-state index < -0.39 is 5.54 Å². The van der Waals surface area contributed by atoms with Crippen molar-refractivity contribution >= 4 is 5.97 Å². The monoisotopic (exact) mass is 282 g/mol. The average Bonchev–Trinajstić information content (AvgIpc) is 3.20. The summed E-state index contributed by atoms with van der Waals surface area (Å²) in [6.07, 6.45) is 5.70. The summed E-state index contributed by atoms with van der Waals surface area (Å²) in [6, 6.07) is 0.513. The van der Waals surface area contributed by atoms with E-state index in [1.807, 2.05) is 6.92 Å². The number of likely N-dealkylation sites (tertiary alicyclic amines) is 1. The number of ether oxygens (including phenoxy) is 1. The lowest BCUT2D eigenvalue weighted by molar-refractivity contribution is -0.148. The smallest absolute Gasteiger partial charge is 0.325 e. The highest BCUT2D eigenvalue weighted by atomic mass is 16.5. The molecular formula is C16H30N2O2. The summed E-state index contributed by atoms with van der Waals surface area (Å²) < 4.78 is 5.00. The van der Waals surface area contributed by atoms with E-state index in [1.54, 1.807) is 0 Å². The molecule has 1 heterocycles. The fraction of sp³-hybridized carbons (Fsp3) is 0.938.